The van der Waals surface area contributed by atoms with Gasteiger partial charge in [-0.3, -0.25) is 4.90 Å². The van der Waals surface area contributed by atoms with Gasteiger partial charge in [0.15, 0.2) is 0 Å². The second kappa shape index (κ2) is 6.30. The van der Waals surface area contributed by atoms with Gasteiger partial charge in [-0.25, -0.2) is 18.0 Å². The molecule has 0 N–H and O–H groups in total. The molecule has 0 saturated carbocycles. The first-order chi connectivity index (χ1) is 10.9. The number of alkyl halides is 2. The highest BCUT2D eigenvalue weighted by Crippen LogP contribution is 2.48. The summed E-state index contributed by atoms with van der Waals surface area (Å²) in [7, 11) is 0. The SMILES string of the molecule is CC(C)C1N(C(=O)OC(C)(C)C)C(c2cccc(F)c2)CC1(F)F. The highest BCUT2D eigenvalue weighted by molar-refractivity contribution is 5.70. The van der Waals surface area contributed by atoms with Crippen LogP contribution in [0.15, 0.2) is 24.3 Å². The van der Waals surface area contributed by atoms with Gasteiger partial charge in [-0.2, -0.15) is 0 Å². The molecule has 0 aliphatic carbocycles. The molecule has 0 bridgehead atoms. The minimum absolute atomic E-state index is 0.351. The van der Waals surface area contributed by atoms with E-state index in [0.29, 0.717) is 5.56 Å². The minimum atomic E-state index is -3.07. The van der Waals surface area contributed by atoms with Crippen molar-refractivity contribution in [3.8, 4) is 0 Å². The Hall–Kier alpha value is -1.72. The van der Waals surface area contributed by atoms with Crippen molar-refractivity contribution in [2.75, 3.05) is 0 Å². The summed E-state index contributed by atoms with van der Waals surface area (Å²) in [5, 5.41) is 0. The summed E-state index contributed by atoms with van der Waals surface area (Å²) in [6.45, 7) is 8.33. The molecule has 1 aliphatic heterocycles. The summed E-state index contributed by atoms with van der Waals surface area (Å²) in [6.07, 6.45) is -1.34. The molecule has 24 heavy (non-hydrogen) atoms. The van der Waals surface area contributed by atoms with Crippen LogP contribution in [0.3, 0.4) is 0 Å². The first-order valence-electron chi connectivity index (χ1n) is 8.07. The Balaban J connectivity index is 2.46. The average molecular weight is 343 g/mol. The zero-order valence-corrected chi connectivity index (χ0v) is 14.6. The van der Waals surface area contributed by atoms with E-state index in [1.807, 2.05) is 0 Å². The lowest BCUT2D eigenvalue weighted by Gasteiger charge is -2.35. The zero-order valence-electron chi connectivity index (χ0n) is 14.6. The number of amides is 1. The van der Waals surface area contributed by atoms with Crippen LogP contribution in [-0.2, 0) is 4.74 Å². The first kappa shape index (κ1) is 18.6. The van der Waals surface area contributed by atoms with E-state index in [1.165, 1.54) is 18.2 Å². The van der Waals surface area contributed by atoms with Crippen molar-refractivity contribution in [3.05, 3.63) is 35.6 Å². The highest BCUT2D eigenvalue weighted by Gasteiger charge is 2.58. The predicted molar refractivity (Wildman–Crippen MR) is 85.4 cm³/mol. The van der Waals surface area contributed by atoms with Crippen LogP contribution in [0.25, 0.3) is 0 Å². The number of hydrogen-bond donors (Lipinski definition) is 0. The predicted octanol–water partition coefficient (Wildman–Crippen LogP) is 5.17. The van der Waals surface area contributed by atoms with Crippen molar-refractivity contribution >= 4 is 6.09 Å². The Bertz CT molecular complexity index is 611. The van der Waals surface area contributed by atoms with Gasteiger partial charge >= 0.3 is 6.09 Å². The monoisotopic (exact) mass is 343 g/mol. The van der Waals surface area contributed by atoms with Gasteiger partial charge < -0.3 is 4.74 Å². The Morgan fingerprint density at radius 2 is 1.96 bits per heavy atom. The number of nitrogens with zero attached hydrogens (tertiary/aromatic N) is 1. The van der Waals surface area contributed by atoms with Crippen LogP contribution in [0.4, 0.5) is 18.0 Å². The summed E-state index contributed by atoms with van der Waals surface area (Å²) >= 11 is 0. The molecule has 1 aliphatic rings. The number of carbonyl (C=O) groups excluding carboxylic acids is 1. The van der Waals surface area contributed by atoms with Crippen molar-refractivity contribution in [2.24, 2.45) is 5.92 Å². The topological polar surface area (TPSA) is 29.5 Å². The highest BCUT2D eigenvalue weighted by atomic mass is 19.3. The van der Waals surface area contributed by atoms with E-state index >= 15 is 0 Å². The molecule has 1 amide bonds. The van der Waals surface area contributed by atoms with E-state index < -0.39 is 47.9 Å². The number of likely N-dealkylation sites (tertiary alicyclic amines) is 1. The molecule has 1 fully saturated rings. The molecule has 1 saturated heterocycles. The van der Waals surface area contributed by atoms with Crippen LogP contribution in [0, 0.1) is 11.7 Å². The van der Waals surface area contributed by atoms with E-state index in [1.54, 1.807) is 40.7 Å². The minimum Gasteiger partial charge on any atom is -0.444 e. The number of ether oxygens (including phenoxy) is 1. The van der Waals surface area contributed by atoms with Crippen LogP contribution in [0.1, 0.15) is 52.6 Å². The average Bonchev–Trinajstić information content (AvgIpc) is 2.68. The smallest absolute Gasteiger partial charge is 0.411 e. The summed E-state index contributed by atoms with van der Waals surface area (Å²) in [5.41, 5.74) is -0.452. The molecule has 1 aromatic carbocycles. The molecule has 2 unspecified atom stereocenters. The molecule has 0 radical (unpaired) electrons. The number of halogens is 3. The number of carbonyl (C=O) groups is 1. The molecule has 2 rings (SSSR count). The van der Waals surface area contributed by atoms with Crippen LogP contribution >= 0.6 is 0 Å². The molecule has 1 aromatic rings. The number of benzene rings is 1. The molecule has 6 heteroatoms. The molecular formula is C18H24F3NO2. The largest absolute Gasteiger partial charge is 0.444 e. The van der Waals surface area contributed by atoms with Gasteiger partial charge in [-0.05, 0) is 44.4 Å². The van der Waals surface area contributed by atoms with E-state index in [4.69, 9.17) is 4.74 Å². The van der Waals surface area contributed by atoms with E-state index in [0.717, 1.165) is 4.90 Å². The molecule has 3 nitrogen and oxygen atoms in total. The number of rotatable bonds is 2. The maximum absolute atomic E-state index is 14.6. The quantitative estimate of drug-likeness (QED) is 0.741. The standard InChI is InChI=1S/C18H24F3NO2/c1-11(2)15-18(20,21)10-14(12-7-6-8-13(19)9-12)22(15)16(23)24-17(3,4)5/h6-9,11,14-15H,10H2,1-5H3. The van der Waals surface area contributed by atoms with Gasteiger partial charge in [-0.1, -0.05) is 26.0 Å². The third kappa shape index (κ3) is 3.84. The van der Waals surface area contributed by atoms with Crippen molar-refractivity contribution in [1.82, 2.24) is 4.90 Å². The van der Waals surface area contributed by atoms with Crippen molar-refractivity contribution < 1.29 is 22.7 Å². The van der Waals surface area contributed by atoms with Crippen LogP contribution in [0.2, 0.25) is 0 Å². The van der Waals surface area contributed by atoms with Gasteiger partial charge in [0.2, 0.25) is 0 Å². The van der Waals surface area contributed by atoms with Crippen molar-refractivity contribution in [1.29, 1.82) is 0 Å². The maximum atomic E-state index is 14.6. The van der Waals surface area contributed by atoms with Gasteiger partial charge in [0.1, 0.15) is 17.5 Å². The lowest BCUT2D eigenvalue weighted by molar-refractivity contribution is -0.0557. The third-order valence-corrected chi connectivity index (χ3v) is 4.00. The van der Waals surface area contributed by atoms with Crippen molar-refractivity contribution in [3.63, 3.8) is 0 Å². The first-order valence-corrected chi connectivity index (χ1v) is 8.07. The summed E-state index contributed by atoms with van der Waals surface area (Å²) in [5.74, 6) is -4.05. The number of hydrogen-bond acceptors (Lipinski definition) is 2. The fourth-order valence-corrected chi connectivity index (χ4v) is 3.23. The summed E-state index contributed by atoms with van der Waals surface area (Å²) in [6, 6.07) is 3.25. The Labute approximate surface area is 140 Å². The van der Waals surface area contributed by atoms with Gasteiger partial charge in [0, 0.05) is 6.42 Å². The van der Waals surface area contributed by atoms with Gasteiger partial charge in [0.25, 0.3) is 5.92 Å². The van der Waals surface area contributed by atoms with Gasteiger partial charge in [-0.15, -0.1) is 0 Å². The van der Waals surface area contributed by atoms with Gasteiger partial charge in [0.05, 0.1) is 6.04 Å². The second-order valence-electron chi connectivity index (χ2n) is 7.61. The van der Waals surface area contributed by atoms with Crippen molar-refractivity contribution in [2.45, 2.75) is 64.6 Å². The van der Waals surface area contributed by atoms with Crippen LogP contribution < -0.4 is 0 Å². The fourth-order valence-electron chi connectivity index (χ4n) is 3.23. The molecule has 1 heterocycles. The zero-order chi connectivity index (χ0) is 18.3. The Morgan fingerprint density at radius 1 is 1.33 bits per heavy atom. The molecule has 0 spiro atoms. The summed E-state index contributed by atoms with van der Waals surface area (Å²) in [4.78, 5) is 13.7. The van der Waals surface area contributed by atoms with Crippen LogP contribution in [-0.4, -0.2) is 28.6 Å². The maximum Gasteiger partial charge on any atom is 0.411 e. The second-order valence-corrected chi connectivity index (χ2v) is 7.61. The molecule has 134 valence electrons. The lowest BCUT2D eigenvalue weighted by atomic mass is 9.98. The molecule has 2 atom stereocenters. The van der Waals surface area contributed by atoms with Crippen LogP contribution in [0.5, 0.6) is 0 Å². The normalized spacial score (nSPS) is 23.6. The van der Waals surface area contributed by atoms with E-state index in [-0.39, 0.29) is 0 Å². The molecular weight excluding hydrogens is 319 g/mol. The van der Waals surface area contributed by atoms with E-state index in [2.05, 4.69) is 0 Å². The summed E-state index contributed by atoms with van der Waals surface area (Å²) < 4.78 is 48.1. The Kier molecular flexibility index (Phi) is 4.88. The molecule has 0 aromatic heterocycles. The van der Waals surface area contributed by atoms with E-state index in [9.17, 15) is 18.0 Å². The third-order valence-electron chi connectivity index (χ3n) is 4.00. The lowest BCUT2D eigenvalue weighted by Crippen LogP contribution is -2.48. The Morgan fingerprint density at radius 3 is 2.46 bits per heavy atom. The fraction of sp³-hybridized carbons (Fsp3) is 0.611.